The molecule has 0 spiro atoms. The van der Waals surface area contributed by atoms with Crippen LogP contribution in [-0.2, 0) is 9.53 Å². The molecule has 4 aliphatic carbocycles. The van der Waals surface area contributed by atoms with Crippen LogP contribution in [-0.4, -0.2) is 22.9 Å². The molecule has 4 aliphatic rings. The topological polar surface area (TPSA) is 50.9 Å². The summed E-state index contributed by atoms with van der Waals surface area (Å²) in [5.41, 5.74) is -0.756. The Hall–Kier alpha value is -1.08. The van der Waals surface area contributed by atoms with Gasteiger partial charge in [-0.2, -0.15) is 0 Å². The molecule has 5 unspecified atom stereocenters. The van der Waals surface area contributed by atoms with Crippen molar-refractivity contribution < 1.29 is 14.6 Å². The van der Waals surface area contributed by atoms with Gasteiger partial charge in [-0.1, -0.05) is 13.8 Å². The Morgan fingerprint density at radius 2 is 1.75 bits per heavy atom. The van der Waals surface area contributed by atoms with Crippen molar-refractivity contribution in [1.82, 2.24) is 0 Å². The van der Waals surface area contributed by atoms with Gasteiger partial charge in [0.2, 0.25) is 0 Å². The Morgan fingerprint density at radius 3 is 2.43 bits per heavy atom. The highest BCUT2D eigenvalue weighted by Gasteiger charge is 2.64. The van der Waals surface area contributed by atoms with Crippen LogP contribution >= 0.6 is 0 Å². The van der Waals surface area contributed by atoms with Crippen LogP contribution in [0.4, 0.5) is 0 Å². The normalized spacial score (nSPS) is 49.7. The molecule has 4 saturated carbocycles. The van der Waals surface area contributed by atoms with E-state index in [2.05, 4.69) is 18.7 Å². The Bertz CT molecular complexity index is 682. The monoisotopic (exact) mass is 387 g/mol. The predicted octanol–water partition coefficient (Wildman–Crippen LogP) is 5.20. The Balaban J connectivity index is 1.54. The molecule has 1 N–H and O–H groups in total. The molecule has 0 aromatic heterocycles. The van der Waals surface area contributed by atoms with E-state index in [4.69, 9.17) is 11.3 Å². The minimum Gasteiger partial charge on any atom is -0.463 e. The van der Waals surface area contributed by atoms with Gasteiger partial charge in [0.25, 0.3) is 0 Å². The summed E-state index contributed by atoms with van der Waals surface area (Å²) in [5.74, 6) is 2.76. The van der Waals surface area contributed by atoms with Crippen molar-refractivity contribution in [3.63, 3.8) is 0 Å². The van der Waals surface area contributed by atoms with E-state index in [0.717, 1.165) is 37.5 Å². The standard InChI is InChI=1S/C24H37NO3/c1-15(26)28-17-10-12-22(2)16(14-17)6-7-18-19-8-9-21(24(4,27)25-5)23(19,3)13-11-20(18)22/h16-21,27H,6-14H2,1-4H3/t16?,17-,18?,19?,20?,21-,22-,23-,24?/m0/s1. The molecule has 4 heteroatoms. The predicted molar refractivity (Wildman–Crippen MR) is 108 cm³/mol. The first-order valence-electron chi connectivity index (χ1n) is 11.4. The maximum absolute atomic E-state index is 11.4. The van der Waals surface area contributed by atoms with Gasteiger partial charge in [-0.3, -0.25) is 9.64 Å². The molecule has 9 atom stereocenters. The number of fused-ring (bicyclic) bond motifs is 5. The second-order valence-electron chi connectivity index (χ2n) is 11.0. The van der Waals surface area contributed by atoms with Crippen molar-refractivity contribution in [3.8, 4) is 0 Å². The van der Waals surface area contributed by atoms with Crippen LogP contribution in [0.3, 0.4) is 0 Å². The number of aliphatic hydroxyl groups is 1. The van der Waals surface area contributed by atoms with Crippen LogP contribution in [0.5, 0.6) is 0 Å². The lowest BCUT2D eigenvalue weighted by molar-refractivity contribution is -0.162. The highest BCUT2D eigenvalue weighted by molar-refractivity contribution is 5.66. The van der Waals surface area contributed by atoms with Crippen molar-refractivity contribution in [1.29, 1.82) is 0 Å². The summed E-state index contributed by atoms with van der Waals surface area (Å²) in [6, 6.07) is 0. The van der Waals surface area contributed by atoms with Crippen molar-refractivity contribution in [2.45, 2.75) is 97.3 Å². The van der Waals surface area contributed by atoms with Gasteiger partial charge < -0.3 is 9.84 Å². The molecule has 0 aromatic rings. The van der Waals surface area contributed by atoms with E-state index in [1.807, 2.05) is 0 Å². The highest BCUT2D eigenvalue weighted by atomic mass is 16.5. The van der Waals surface area contributed by atoms with Gasteiger partial charge in [0.1, 0.15) is 6.10 Å². The number of esters is 1. The van der Waals surface area contributed by atoms with E-state index in [1.165, 1.54) is 39.0 Å². The number of nitrogens with zero attached hydrogens (tertiary/aromatic N) is 1. The van der Waals surface area contributed by atoms with Gasteiger partial charge in [-0.25, -0.2) is 6.57 Å². The van der Waals surface area contributed by atoms with Crippen molar-refractivity contribution in [3.05, 3.63) is 11.4 Å². The molecule has 0 aromatic carbocycles. The van der Waals surface area contributed by atoms with Crippen molar-refractivity contribution in [2.24, 2.45) is 40.4 Å². The van der Waals surface area contributed by atoms with Crippen LogP contribution in [0.25, 0.3) is 4.85 Å². The number of carbonyl (C=O) groups is 1. The van der Waals surface area contributed by atoms with Gasteiger partial charge in [-0.15, -0.1) is 0 Å². The van der Waals surface area contributed by atoms with Gasteiger partial charge >= 0.3 is 11.7 Å². The molecule has 0 heterocycles. The maximum Gasteiger partial charge on any atom is 0.335 e. The molecular formula is C24H37NO3. The molecule has 0 saturated heterocycles. The summed E-state index contributed by atoms with van der Waals surface area (Å²) >= 11 is 0. The third kappa shape index (κ3) is 2.92. The van der Waals surface area contributed by atoms with Gasteiger partial charge in [0, 0.05) is 13.8 Å². The molecule has 0 bridgehead atoms. The average molecular weight is 388 g/mol. The summed E-state index contributed by atoms with van der Waals surface area (Å²) in [5, 5.41) is 10.8. The second kappa shape index (κ2) is 6.73. The first-order chi connectivity index (χ1) is 13.1. The molecule has 4 nitrogen and oxygen atoms in total. The average Bonchev–Trinajstić information content (AvgIpc) is 2.99. The Morgan fingerprint density at radius 1 is 1.07 bits per heavy atom. The van der Waals surface area contributed by atoms with Gasteiger partial charge in [0.15, 0.2) is 0 Å². The molecular weight excluding hydrogens is 350 g/mol. The van der Waals surface area contributed by atoms with Crippen molar-refractivity contribution >= 4 is 5.97 Å². The Kier molecular flexibility index (Phi) is 4.85. The number of ether oxygens (including phenoxy) is 1. The third-order valence-electron chi connectivity index (χ3n) is 9.84. The fraction of sp³-hybridized carbons (Fsp3) is 0.917. The van der Waals surface area contributed by atoms with Crippen LogP contribution < -0.4 is 0 Å². The third-order valence-corrected chi connectivity index (χ3v) is 9.84. The molecule has 156 valence electrons. The zero-order valence-corrected chi connectivity index (χ0v) is 18.0. The van der Waals surface area contributed by atoms with Crippen LogP contribution in [0.1, 0.15) is 85.5 Å². The lowest BCUT2D eigenvalue weighted by atomic mass is 9.44. The zero-order valence-electron chi connectivity index (χ0n) is 18.0. The zero-order chi connectivity index (χ0) is 20.3. The molecule has 4 fully saturated rings. The fourth-order valence-corrected chi connectivity index (χ4v) is 8.54. The first-order valence-corrected chi connectivity index (χ1v) is 11.4. The summed E-state index contributed by atoms with van der Waals surface area (Å²) in [4.78, 5) is 15.0. The minimum absolute atomic E-state index is 0.105. The summed E-state index contributed by atoms with van der Waals surface area (Å²) < 4.78 is 5.58. The lowest BCUT2D eigenvalue weighted by Crippen LogP contribution is -2.55. The molecule has 4 rings (SSSR count). The number of rotatable bonds is 2. The second-order valence-corrected chi connectivity index (χ2v) is 11.0. The van der Waals surface area contributed by atoms with Gasteiger partial charge in [0.05, 0.1) is 5.92 Å². The first kappa shape index (κ1) is 20.2. The molecule has 0 radical (unpaired) electrons. The van der Waals surface area contributed by atoms with Crippen molar-refractivity contribution in [2.75, 3.05) is 0 Å². The van der Waals surface area contributed by atoms with Gasteiger partial charge in [-0.05, 0) is 92.3 Å². The fourth-order valence-electron chi connectivity index (χ4n) is 8.54. The van der Waals surface area contributed by atoms with E-state index < -0.39 is 5.72 Å². The molecule has 0 aliphatic heterocycles. The summed E-state index contributed by atoms with van der Waals surface area (Å²) in [6.07, 6.45) is 10.4. The van der Waals surface area contributed by atoms with Crippen LogP contribution in [0, 0.1) is 47.0 Å². The van der Waals surface area contributed by atoms with Crippen LogP contribution in [0.15, 0.2) is 0 Å². The van der Waals surface area contributed by atoms with E-state index in [9.17, 15) is 9.90 Å². The highest BCUT2D eigenvalue weighted by Crippen LogP contribution is 2.68. The smallest absolute Gasteiger partial charge is 0.335 e. The number of carbonyl (C=O) groups excluding carboxylic acids is 1. The minimum atomic E-state index is -1.22. The van der Waals surface area contributed by atoms with E-state index >= 15 is 0 Å². The quantitative estimate of drug-likeness (QED) is 0.523. The number of hydrogen-bond acceptors (Lipinski definition) is 3. The molecule has 0 amide bonds. The largest absolute Gasteiger partial charge is 0.463 e. The Labute approximate surface area is 170 Å². The lowest BCUT2D eigenvalue weighted by Gasteiger charge is -2.61. The van der Waals surface area contributed by atoms with E-state index in [1.54, 1.807) is 6.92 Å². The van der Waals surface area contributed by atoms with E-state index in [0.29, 0.717) is 17.3 Å². The summed E-state index contributed by atoms with van der Waals surface area (Å²) in [6.45, 7) is 15.7. The van der Waals surface area contributed by atoms with E-state index in [-0.39, 0.29) is 23.4 Å². The maximum atomic E-state index is 11.4. The number of hydrogen-bond donors (Lipinski definition) is 1. The SMILES string of the molecule is [C-]#[N+]C(C)(O)[C@H]1CCC2C3CCC4C[C@@H](OC(C)=O)CC[C@]4(C)C3CC[C@@]21C. The summed E-state index contributed by atoms with van der Waals surface area (Å²) in [7, 11) is 0. The van der Waals surface area contributed by atoms with Crippen LogP contribution in [0.2, 0.25) is 0 Å². The molecule has 28 heavy (non-hydrogen) atoms.